The fourth-order valence-corrected chi connectivity index (χ4v) is 4.59. The van der Waals surface area contributed by atoms with Crippen molar-refractivity contribution in [2.24, 2.45) is 0 Å². The van der Waals surface area contributed by atoms with Gasteiger partial charge in [-0.15, -0.1) is 0 Å². The van der Waals surface area contributed by atoms with Gasteiger partial charge in [0.25, 0.3) is 0 Å². The van der Waals surface area contributed by atoms with Gasteiger partial charge in [-0.05, 0) is 12.8 Å². The highest BCUT2D eigenvalue weighted by Crippen LogP contribution is 2.33. The van der Waals surface area contributed by atoms with E-state index >= 15 is 0 Å². The quantitative estimate of drug-likeness (QED) is 0.870. The number of hydrogen-bond donors (Lipinski definition) is 2. The minimum Gasteiger partial charge on any atom is -0.465 e. The number of fused-ring (bicyclic) bond motifs is 1. The Balaban J connectivity index is 1.78. The molecule has 0 radical (unpaired) electrons. The van der Waals surface area contributed by atoms with Gasteiger partial charge in [0.05, 0.1) is 17.5 Å². The predicted molar refractivity (Wildman–Crippen MR) is 69.8 cm³/mol. The summed E-state index contributed by atoms with van der Waals surface area (Å²) in [7, 11) is -3.30. The van der Waals surface area contributed by atoms with Gasteiger partial charge in [0, 0.05) is 17.8 Å². The van der Waals surface area contributed by atoms with Gasteiger partial charge in [0.2, 0.25) is 10.0 Å². The highest BCUT2D eigenvalue weighted by Gasteiger charge is 2.36. The summed E-state index contributed by atoms with van der Waals surface area (Å²) in [5.74, 6) is 0. The number of carbonyl (C=O) groups is 1. The minimum atomic E-state index is -3.30. The molecule has 104 valence electrons. The van der Waals surface area contributed by atoms with E-state index < -0.39 is 16.1 Å². The number of nitrogens with zero attached hydrogens (tertiary/aromatic N) is 2. The summed E-state index contributed by atoms with van der Waals surface area (Å²) >= 11 is 1.22. The van der Waals surface area contributed by atoms with Crippen LogP contribution in [0.4, 0.5) is 9.93 Å². The lowest BCUT2D eigenvalue weighted by Gasteiger charge is -2.22. The number of thiazole rings is 1. The molecule has 0 spiro atoms. The van der Waals surface area contributed by atoms with E-state index in [1.54, 1.807) is 0 Å². The summed E-state index contributed by atoms with van der Waals surface area (Å²) in [5.41, 5.74) is 0.802. The number of aromatic nitrogens is 1. The number of anilines is 1. The number of hydrogen-bond acceptors (Lipinski definition) is 5. The zero-order valence-corrected chi connectivity index (χ0v) is 11.6. The molecule has 2 heterocycles. The van der Waals surface area contributed by atoms with Crippen LogP contribution >= 0.6 is 11.3 Å². The van der Waals surface area contributed by atoms with Crippen molar-refractivity contribution in [1.29, 1.82) is 0 Å². The Morgan fingerprint density at radius 3 is 2.84 bits per heavy atom. The van der Waals surface area contributed by atoms with E-state index in [-0.39, 0.29) is 11.8 Å². The monoisotopic (exact) mass is 303 g/mol. The van der Waals surface area contributed by atoms with Crippen LogP contribution in [0.1, 0.15) is 23.4 Å². The Morgan fingerprint density at radius 1 is 1.47 bits per heavy atom. The summed E-state index contributed by atoms with van der Waals surface area (Å²) in [5, 5.41) is 9.00. The molecule has 0 bridgehead atoms. The highest BCUT2D eigenvalue weighted by atomic mass is 32.2. The number of carboxylic acid groups (broad SMARTS) is 1. The molecule has 1 aliphatic carbocycles. The topological polar surface area (TPSA) is 99.6 Å². The molecular weight excluding hydrogens is 290 g/mol. The Bertz CT molecular complexity index is 621. The molecule has 7 nitrogen and oxygen atoms in total. The average Bonchev–Trinajstić information content (AvgIpc) is 3.10. The maximum absolute atomic E-state index is 11.8. The summed E-state index contributed by atoms with van der Waals surface area (Å²) in [6.07, 6.45) is 0.975. The Kier molecular flexibility index (Phi) is 2.90. The molecule has 1 saturated carbocycles. The smallest absolute Gasteiger partial charge is 0.407 e. The molecule has 0 saturated heterocycles. The lowest BCUT2D eigenvalue weighted by molar-refractivity contribution is 0.140. The van der Waals surface area contributed by atoms with Crippen LogP contribution in [0.5, 0.6) is 0 Å². The van der Waals surface area contributed by atoms with Crippen molar-refractivity contribution in [3.05, 3.63) is 10.6 Å². The van der Waals surface area contributed by atoms with E-state index in [1.807, 2.05) is 0 Å². The molecule has 19 heavy (non-hydrogen) atoms. The molecule has 3 rings (SSSR count). The number of nitrogens with one attached hydrogen (secondary N) is 1. The second kappa shape index (κ2) is 4.34. The molecule has 0 aromatic carbocycles. The Morgan fingerprint density at radius 2 is 2.21 bits per heavy atom. The van der Waals surface area contributed by atoms with Gasteiger partial charge < -0.3 is 10.0 Å². The molecule has 0 atom stereocenters. The van der Waals surface area contributed by atoms with Gasteiger partial charge in [0.15, 0.2) is 5.13 Å². The average molecular weight is 303 g/mol. The van der Waals surface area contributed by atoms with Crippen molar-refractivity contribution in [3.63, 3.8) is 0 Å². The number of sulfonamides is 1. The van der Waals surface area contributed by atoms with E-state index in [0.717, 1.165) is 10.6 Å². The molecule has 2 aliphatic rings. The first-order valence-electron chi connectivity index (χ1n) is 5.94. The maximum Gasteiger partial charge on any atom is 0.407 e. The molecule has 1 amide bonds. The van der Waals surface area contributed by atoms with Gasteiger partial charge in [-0.3, -0.25) is 4.72 Å². The summed E-state index contributed by atoms with van der Waals surface area (Å²) < 4.78 is 26.1. The van der Waals surface area contributed by atoms with E-state index in [9.17, 15) is 13.2 Å². The summed E-state index contributed by atoms with van der Waals surface area (Å²) in [6, 6.07) is 0. The van der Waals surface area contributed by atoms with Gasteiger partial charge in [0.1, 0.15) is 0 Å². The van der Waals surface area contributed by atoms with E-state index in [1.165, 1.54) is 16.2 Å². The van der Waals surface area contributed by atoms with E-state index in [0.29, 0.717) is 30.9 Å². The molecule has 2 N–H and O–H groups in total. The maximum atomic E-state index is 11.8. The summed E-state index contributed by atoms with van der Waals surface area (Å²) in [6.45, 7) is 0.689. The third-order valence-corrected chi connectivity index (χ3v) is 6.15. The predicted octanol–water partition coefficient (Wildman–Crippen LogP) is 1.08. The van der Waals surface area contributed by atoms with Crippen LogP contribution in [0.15, 0.2) is 0 Å². The van der Waals surface area contributed by atoms with Gasteiger partial charge >= 0.3 is 6.09 Å². The Hall–Kier alpha value is -1.35. The van der Waals surface area contributed by atoms with Crippen molar-refractivity contribution < 1.29 is 18.3 Å². The zero-order valence-electron chi connectivity index (χ0n) is 10.00. The van der Waals surface area contributed by atoms with Crippen LogP contribution in [0.3, 0.4) is 0 Å². The summed E-state index contributed by atoms with van der Waals surface area (Å²) in [4.78, 5) is 17.3. The second-order valence-corrected chi connectivity index (χ2v) is 7.73. The first-order valence-corrected chi connectivity index (χ1v) is 8.30. The molecule has 1 aliphatic heterocycles. The molecule has 1 fully saturated rings. The largest absolute Gasteiger partial charge is 0.465 e. The second-order valence-electron chi connectivity index (χ2n) is 4.69. The Labute approximate surface area is 114 Å². The first kappa shape index (κ1) is 12.7. The van der Waals surface area contributed by atoms with Gasteiger partial charge in [-0.1, -0.05) is 11.3 Å². The van der Waals surface area contributed by atoms with E-state index in [2.05, 4.69) is 9.71 Å². The van der Waals surface area contributed by atoms with Crippen molar-refractivity contribution in [3.8, 4) is 0 Å². The number of rotatable bonds is 3. The van der Waals surface area contributed by atoms with Crippen molar-refractivity contribution >= 4 is 32.6 Å². The SMILES string of the molecule is O=C(O)N1CCc2nc(NS(=O)(=O)C3CC3)sc2C1. The first-order chi connectivity index (χ1) is 8.95. The number of amides is 1. The van der Waals surface area contributed by atoms with Crippen LogP contribution in [0, 0.1) is 0 Å². The molecular formula is C10H13N3O4S2. The van der Waals surface area contributed by atoms with Crippen LogP contribution in [0.2, 0.25) is 0 Å². The van der Waals surface area contributed by atoms with E-state index in [4.69, 9.17) is 5.11 Å². The van der Waals surface area contributed by atoms with Crippen LogP contribution in [-0.2, 0) is 23.0 Å². The van der Waals surface area contributed by atoms with Crippen molar-refractivity contribution in [1.82, 2.24) is 9.88 Å². The van der Waals surface area contributed by atoms with Crippen molar-refractivity contribution in [2.75, 3.05) is 11.3 Å². The standard InChI is InChI=1S/C10H13N3O4S2/c14-10(15)13-4-3-7-8(5-13)18-9(11-7)12-19(16,17)6-1-2-6/h6H,1-5H2,(H,11,12)(H,14,15). The van der Waals surface area contributed by atoms with Crippen LogP contribution in [-0.4, -0.2) is 41.3 Å². The zero-order chi connectivity index (χ0) is 13.6. The van der Waals surface area contributed by atoms with Gasteiger partial charge in [-0.25, -0.2) is 18.2 Å². The lowest BCUT2D eigenvalue weighted by Crippen LogP contribution is -2.34. The minimum absolute atomic E-state index is 0.285. The van der Waals surface area contributed by atoms with Crippen molar-refractivity contribution in [2.45, 2.75) is 31.1 Å². The molecule has 1 aromatic rings. The van der Waals surface area contributed by atoms with Crippen LogP contribution in [0.25, 0.3) is 0 Å². The lowest BCUT2D eigenvalue weighted by atomic mass is 10.2. The van der Waals surface area contributed by atoms with Gasteiger partial charge in [-0.2, -0.15) is 0 Å². The normalized spacial score (nSPS) is 19.1. The fraction of sp³-hybridized carbons (Fsp3) is 0.600. The third kappa shape index (κ3) is 2.52. The van der Waals surface area contributed by atoms with Crippen LogP contribution < -0.4 is 4.72 Å². The molecule has 0 unspecified atom stereocenters. The molecule has 9 heteroatoms. The molecule has 1 aromatic heterocycles. The highest BCUT2D eigenvalue weighted by molar-refractivity contribution is 7.93. The third-order valence-electron chi connectivity index (χ3n) is 3.19. The fourth-order valence-electron chi connectivity index (χ4n) is 1.99.